The molecule has 0 saturated heterocycles. The van der Waals surface area contributed by atoms with E-state index in [1.807, 2.05) is 11.9 Å². The lowest BCUT2D eigenvalue weighted by molar-refractivity contribution is 0.631. The Bertz CT molecular complexity index is 442. The molecule has 0 unspecified atom stereocenters. The van der Waals surface area contributed by atoms with Gasteiger partial charge in [0.2, 0.25) is 0 Å². The highest BCUT2D eigenvalue weighted by Gasteiger charge is 2.04. The van der Waals surface area contributed by atoms with Crippen molar-refractivity contribution in [3.63, 3.8) is 0 Å². The molecule has 5 heteroatoms. The quantitative estimate of drug-likeness (QED) is 0.576. The molecule has 4 nitrogen and oxygen atoms in total. The van der Waals surface area contributed by atoms with E-state index in [1.165, 1.54) is 4.68 Å². The summed E-state index contributed by atoms with van der Waals surface area (Å²) in [5.74, 6) is 0.339. The van der Waals surface area contributed by atoms with Gasteiger partial charge >= 0.3 is 0 Å². The minimum Gasteiger partial charge on any atom is -0.373 e. The Morgan fingerprint density at radius 1 is 1.65 bits per heavy atom. The van der Waals surface area contributed by atoms with Crippen LogP contribution in [0.2, 0.25) is 0 Å². The fourth-order valence-corrected chi connectivity index (χ4v) is 1.55. The van der Waals surface area contributed by atoms with Crippen molar-refractivity contribution in [1.29, 1.82) is 0 Å². The van der Waals surface area contributed by atoms with Crippen LogP contribution in [-0.2, 0) is 6.54 Å². The number of halogens is 1. The molecule has 0 aromatic carbocycles. The zero-order valence-electron chi connectivity index (χ0n) is 10.3. The van der Waals surface area contributed by atoms with E-state index in [9.17, 15) is 4.79 Å². The van der Waals surface area contributed by atoms with Gasteiger partial charge in [0.15, 0.2) is 0 Å². The number of aromatic nitrogens is 2. The molecule has 0 aliphatic rings. The van der Waals surface area contributed by atoms with Crippen molar-refractivity contribution in [2.75, 3.05) is 24.4 Å². The zero-order valence-corrected chi connectivity index (χ0v) is 11.1. The van der Waals surface area contributed by atoms with Gasteiger partial charge in [-0.15, -0.1) is 11.6 Å². The Kier molecular flexibility index (Phi) is 5.22. The molecule has 17 heavy (non-hydrogen) atoms. The Hall–Kier alpha value is -1.29. The lowest BCUT2D eigenvalue weighted by Gasteiger charge is -2.17. The summed E-state index contributed by atoms with van der Waals surface area (Å²) in [7, 11) is 1.95. The average molecular weight is 256 g/mol. The molecule has 0 fully saturated rings. The van der Waals surface area contributed by atoms with Crippen LogP contribution in [0.4, 0.5) is 5.69 Å². The van der Waals surface area contributed by atoms with E-state index in [1.54, 1.807) is 12.3 Å². The van der Waals surface area contributed by atoms with Crippen LogP contribution in [0.3, 0.4) is 0 Å². The maximum atomic E-state index is 11.8. The molecule has 94 valence electrons. The van der Waals surface area contributed by atoms with Crippen molar-refractivity contribution < 1.29 is 0 Å². The summed E-state index contributed by atoms with van der Waals surface area (Å²) in [5, 5.41) is 4.11. The first-order chi connectivity index (χ1) is 8.08. The number of allylic oxidation sites excluding steroid dienone is 1. The topological polar surface area (TPSA) is 38.1 Å². The second-order valence-electron chi connectivity index (χ2n) is 4.01. The first-order valence-corrected chi connectivity index (χ1v) is 6.12. The van der Waals surface area contributed by atoms with E-state index < -0.39 is 0 Å². The normalized spacial score (nSPS) is 10.3. The van der Waals surface area contributed by atoms with Crippen LogP contribution >= 0.6 is 11.6 Å². The van der Waals surface area contributed by atoms with Crippen molar-refractivity contribution >= 4 is 17.3 Å². The predicted octanol–water partition coefficient (Wildman–Crippen LogP) is 1.88. The van der Waals surface area contributed by atoms with Gasteiger partial charge in [0.25, 0.3) is 5.56 Å². The summed E-state index contributed by atoms with van der Waals surface area (Å²) >= 11 is 5.63. The molecular weight excluding hydrogens is 238 g/mol. The third-order valence-corrected chi connectivity index (χ3v) is 2.80. The van der Waals surface area contributed by atoms with Crippen molar-refractivity contribution in [3.8, 4) is 0 Å². The SMILES string of the molecule is C=C(CCl)Cn1ncc(N(C)CCC)cc1=O. The van der Waals surface area contributed by atoms with Crippen molar-refractivity contribution in [2.45, 2.75) is 19.9 Å². The van der Waals surface area contributed by atoms with E-state index in [0.29, 0.717) is 12.4 Å². The van der Waals surface area contributed by atoms with Crippen LogP contribution in [0.1, 0.15) is 13.3 Å². The molecular formula is C12H18ClN3O. The highest BCUT2D eigenvalue weighted by Crippen LogP contribution is 2.07. The fraction of sp³-hybridized carbons (Fsp3) is 0.500. The summed E-state index contributed by atoms with van der Waals surface area (Å²) in [6.45, 7) is 7.12. The van der Waals surface area contributed by atoms with Crippen LogP contribution in [0.5, 0.6) is 0 Å². The molecule has 0 bridgehead atoms. The van der Waals surface area contributed by atoms with Gasteiger partial charge < -0.3 is 4.90 Å². The fourth-order valence-electron chi connectivity index (χ4n) is 1.47. The van der Waals surface area contributed by atoms with Crippen LogP contribution in [-0.4, -0.2) is 29.3 Å². The highest BCUT2D eigenvalue weighted by molar-refractivity contribution is 6.19. The average Bonchev–Trinajstić information content (AvgIpc) is 2.31. The number of hydrogen-bond donors (Lipinski definition) is 0. The number of rotatable bonds is 6. The third kappa shape index (κ3) is 3.89. The summed E-state index contributed by atoms with van der Waals surface area (Å²) < 4.78 is 1.37. The first kappa shape index (κ1) is 13.8. The molecule has 1 heterocycles. The summed E-state index contributed by atoms with van der Waals surface area (Å²) in [4.78, 5) is 13.8. The van der Waals surface area contributed by atoms with Gasteiger partial charge in [0.05, 0.1) is 18.4 Å². The van der Waals surface area contributed by atoms with Gasteiger partial charge in [-0.25, -0.2) is 4.68 Å². The molecule has 0 amide bonds. The number of hydrogen-bond acceptors (Lipinski definition) is 3. The summed E-state index contributed by atoms with van der Waals surface area (Å²) in [6.07, 6.45) is 2.72. The van der Waals surface area contributed by atoms with E-state index in [2.05, 4.69) is 18.6 Å². The van der Waals surface area contributed by atoms with E-state index in [0.717, 1.165) is 24.2 Å². The largest absolute Gasteiger partial charge is 0.373 e. The van der Waals surface area contributed by atoms with E-state index in [-0.39, 0.29) is 5.56 Å². The number of alkyl halides is 1. The van der Waals surface area contributed by atoms with Gasteiger partial charge in [0, 0.05) is 25.5 Å². The first-order valence-electron chi connectivity index (χ1n) is 5.59. The minimum absolute atomic E-state index is 0.128. The predicted molar refractivity (Wildman–Crippen MR) is 71.9 cm³/mol. The maximum absolute atomic E-state index is 11.8. The Morgan fingerprint density at radius 2 is 2.35 bits per heavy atom. The number of nitrogens with zero attached hydrogens (tertiary/aromatic N) is 3. The van der Waals surface area contributed by atoms with Crippen molar-refractivity contribution in [2.24, 2.45) is 0 Å². The van der Waals surface area contributed by atoms with Gasteiger partial charge in [0.1, 0.15) is 0 Å². The molecule has 0 radical (unpaired) electrons. The van der Waals surface area contributed by atoms with Crippen LogP contribution in [0.15, 0.2) is 29.2 Å². The van der Waals surface area contributed by atoms with Crippen LogP contribution < -0.4 is 10.5 Å². The van der Waals surface area contributed by atoms with Crippen LogP contribution in [0.25, 0.3) is 0 Å². The molecule has 1 rings (SSSR count). The number of anilines is 1. The maximum Gasteiger partial charge on any atom is 0.269 e. The molecule has 0 aliphatic carbocycles. The lowest BCUT2D eigenvalue weighted by atomic mass is 10.3. The standard InChI is InChI=1S/C12H18ClN3O/c1-4-5-15(3)11-6-12(17)16(14-8-11)9-10(2)7-13/h6,8H,2,4-5,7,9H2,1,3H3. The van der Waals surface area contributed by atoms with E-state index >= 15 is 0 Å². The Morgan fingerprint density at radius 3 is 2.88 bits per heavy atom. The second-order valence-corrected chi connectivity index (χ2v) is 4.28. The van der Waals surface area contributed by atoms with Gasteiger partial charge in [-0.05, 0) is 12.0 Å². The van der Waals surface area contributed by atoms with Crippen molar-refractivity contribution in [1.82, 2.24) is 9.78 Å². The molecule has 1 aromatic heterocycles. The molecule has 0 N–H and O–H groups in total. The van der Waals surface area contributed by atoms with Gasteiger partial charge in [-0.3, -0.25) is 4.79 Å². The molecule has 0 spiro atoms. The molecule has 0 saturated carbocycles. The molecule has 0 aliphatic heterocycles. The molecule has 0 atom stereocenters. The highest BCUT2D eigenvalue weighted by atomic mass is 35.5. The Balaban J connectivity index is 2.86. The van der Waals surface area contributed by atoms with Gasteiger partial charge in [-0.1, -0.05) is 13.5 Å². The Labute approximate surface area is 107 Å². The van der Waals surface area contributed by atoms with Crippen molar-refractivity contribution in [3.05, 3.63) is 34.8 Å². The smallest absolute Gasteiger partial charge is 0.269 e. The summed E-state index contributed by atoms with van der Waals surface area (Å²) in [5.41, 5.74) is 1.48. The zero-order chi connectivity index (χ0) is 12.8. The molecule has 1 aromatic rings. The second kappa shape index (κ2) is 6.45. The third-order valence-electron chi connectivity index (χ3n) is 2.42. The van der Waals surface area contributed by atoms with E-state index in [4.69, 9.17) is 11.6 Å². The lowest BCUT2D eigenvalue weighted by Crippen LogP contribution is -2.26. The minimum atomic E-state index is -0.128. The summed E-state index contributed by atoms with van der Waals surface area (Å²) in [6, 6.07) is 1.59. The van der Waals surface area contributed by atoms with Gasteiger partial charge in [-0.2, -0.15) is 5.10 Å². The van der Waals surface area contributed by atoms with Crippen LogP contribution in [0, 0.1) is 0 Å². The monoisotopic (exact) mass is 255 g/mol.